The van der Waals surface area contributed by atoms with Gasteiger partial charge in [0.2, 0.25) is 11.7 Å². The monoisotopic (exact) mass is 455 g/mol. The number of rotatable bonds is 10. The quantitative estimate of drug-likeness (QED) is 0.464. The second-order valence-electron chi connectivity index (χ2n) is 6.59. The van der Waals surface area contributed by atoms with Gasteiger partial charge in [0.1, 0.15) is 10.8 Å². The average molecular weight is 456 g/mol. The zero-order valence-corrected chi connectivity index (χ0v) is 19.2. The maximum absolute atomic E-state index is 12.2. The molecule has 0 aliphatic carbocycles. The molecule has 0 spiro atoms. The number of carbonyl (C=O) groups is 1. The predicted octanol–water partition coefficient (Wildman–Crippen LogP) is 3.59. The van der Waals surface area contributed by atoms with E-state index in [4.69, 9.17) is 18.9 Å². The van der Waals surface area contributed by atoms with Gasteiger partial charge in [-0.2, -0.15) is 0 Å². The summed E-state index contributed by atoms with van der Waals surface area (Å²) in [4.78, 5) is 12.2. The van der Waals surface area contributed by atoms with Gasteiger partial charge < -0.3 is 24.3 Å². The minimum absolute atomic E-state index is 0.0895. The van der Waals surface area contributed by atoms with Crippen molar-refractivity contribution in [3.05, 3.63) is 54.1 Å². The van der Waals surface area contributed by atoms with E-state index in [2.05, 4.69) is 15.5 Å². The first-order valence-electron chi connectivity index (χ1n) is 9.74. The van der Waals surface area contributed by atoms with Crippen molar-refractivity contribution in [1.29, 1.82) is 0 Å². The van der Waals surface area contributed by atoms with Crippen molar-refractivity contribution in [2.24, 2.45) is 0 Å². The van der Waals surface area contributed by atoms with E-state index >= 15 is 0 Å². The molecule has 0 atom stereocenters. The predicted molar refractivity (Wildman–Crippen MR) is 123 cm³/mol. The Balaban J connectivity index is 1.59. The highest BCUT2D eigenvalue weighted by Crippen LogP contribution is 2.40. The van der Waals surface area contributed by atoms with Gasteiger partial charge >= 0.3 is 0 Å². The van der Waals surface area contributed by atoms with Crippen LogP contribution in [0, 0.1) is 0 Å². The number of hydrogen-bond donors (Lipinski definition) is 1. The number of hydrogen-bond acceptors (Lipinski definition) is 8. The van der Waals surface area contributed by atoms with Crippen LogP contribution in [0.25, 0.3) is 11.3 Å². The van der Waals surface area contributed by atoms with Crippen LogP contribution in [0.15, 0.2) is 53.6 Å². The van der Waals surface area contributed by atoms with E-state index in [-0.39, 0.29) is 11.7 Å². The Labute approximate surface area is 191 Å². The highest BCUT2D eigenvalue weighted by molar-refractivity contribution is 7.99. The zero-order valence-electron chi connectivity index (χ0n) is 18.4. The first-order chi connectivity index (χ1) is 15.6. The van der Waals surface area contributed by atoms with Crippen LogP contribution in [0.1, 0.15) is 5.56 Å². The summed E-state index contributed by atoms with van der Waals surface area (Å²) < 4.78 is 21.3. The molecular formula is C23H25N3O5S. The van der Waals surface area contributed by atoms with Crippen molar-refractivity contribution in [1.82, 2.24) is 15.5 Å². The van der Waals surface area contributed by atoms with Crippen molar-refractivity contribution in [2.75, 3.05) is 34.2 Å². The maximum Gasteiger partial charge on any atom is 0.230 e. The van der Waals surface area contributed by atoms with Crippen LogP contribution in [-0.2, 0) is 11.3 Å². The van der Waals surface area contributed by atoms with Crippen LogP contribution >= 0.6 is 11.8 Å². The second kappa shape index (κ2) is 11.2. The number of carbonyl (C=O) groups excluding carboxylic acids is 1. The highest BCUT2D eigenvalue weighted by atomic mass is 32.2. The van der Waals surface area contributed by atoms with Crippen LogP contribution < -0.4 is 24.3 Å². The molecule has 1 heterocycles. The third-order valence-electron chi connectivity index (χ3n) is 4.58. The minimum atomic E-state index is -0.0895. The maximum atomic E-state index is 12.2. The summed E-state index contributed by atoms with van der Waals surface area (Å²) in [6.45, 7) is 0.433. The standard InChI is InChI=1S/C23H25N3O5S/c1-28-17-7-5-6-15(10-17)13-24-21(27)14-32-22-9-8-18(25-26-22)16-11-19(29-2)23(31-4)20(12-16)30-3/h5-12H,13-14H2,1-4H3,(H,24,27). The molecule has 0 radical (unpaired) electrons. The lowest BCUT2D eigenvalue weighted by Gasteiger charge is -2.13. The normalized spacial score (nSPS) is 10.4. The molecule has 9 heteroatoms. The molecule has 0 unspecified atom stereocenters. The molecule has 1 aromatic heterocycles. The van der Waals surface area contributed by atoms with Crippen molar-refractivity contribution < 1.29 is 23.7 Å². The number of thioether (sulfide) groups is 1. The molecule has 168 valence electrons. The van der Waals surface area contributed by atoms with Crippen molar-refractivity contribution in [3.63, 3.8) is 0 Å². The fraction of sp³-hybridized carbons (Fsp3) is 0.261. The molecule has 2 aromatic carbocycles. The molecule has 0 aliphatic rings. The number of benzene rings is 2. The van der Waals surface area contributed by atoms with E-state index in [0.29, 0.717) is 34.5 Å². The van der Waals surface area contributed by atoms with E-state index < -0.39 is 0 Å². The molecule has 0 aliphatic heterocycles. The van der Waals surface area contributed by atoms with Gasteiger partial charge in [0.05, 0.1) is 39.9 Å². The minimum Gasteiger partial charge on any atom is -0.497 e. The topological polar surface area (TPSA) is 91.8 Å². The van der Waals surface area contributed by atoms with Crippen molar-refractivity contribution in [3.8, 4) is 34.3 Å². The van der Waals surface area contributed by atoms with Crippen LogP contribution in [0.4, 0.5) is 0 Å². The summed E-state index contributed by atoms with van der Waals surface area (Å²) in [6.07, 6.45) is 0. The number of methoxy groups -OCH3 is 4. The molecule has 0 fully saturated rings. The number of nitrogens with one attached hydrogen (secondary N) is 1. The molecule has 0 saturated carbocycles. The highest BCUT2D eigenvalue weighted by Gasteiger charge is 2.15. The van der Waals surface area contributed by atoms with Crippen LogP contribution in [0.5, 0.6) is 23.0 Å². The van der Waals surface area contributed by atoms with Gasteiger partial charge in [0, 0.05) is 12.1 Å². The van der Waals surface area contributed by atoms with Crippen LogP contribution in [-0.4, -0.2) is 50.3 Å². The van der Waals surface area contributed by atoms with Crippen molar-refractivity contribution >= 4 is 17.7 Å². The molecule has 3 rings (SSSR count). The first kappa shape index (κ1) is 23.2. The van der Waals surface area contributed by atoms with Gasteiger partial charge in [0.15, 0.2) is 11.5 Å². The van der Waals surface area contributed by atoms with Gasteiger partial charge in [-0.1, -0.05) is 23.9 Å². The molecule has 0 saturated heterocycles. The number of ether oxygens (including phenoxy) is 4. The fourth-order valence-corrected chi connectivity index (χ4v) is 3.60. The number of amides is 1. The van der Waals surface area contributed by atoms with E-state index in [1.807, 2.05) is 48.5 Å². The summed E-state index contributed by atoms with van der Waals surface area (Å²) in [5.74, 6) is 2.49. The molecule has 3 aromatic rings. The Hall–Kier alpha value is -3.46. The average Bonchev–Trinajstić information content (AvgIpc) is 2.85. The first-order valence-corrected chi connectivity index (χ1v) is 10.7. The smallest absolute Gasteiger partial charge is 0.230 e. The lowest BCUT2D eigenvalue weighted by molar-refractivity contribution is -0.118. The largest absolute Gasteiger partial charge is 0.497 e. The summed E-state index contributed by atoms with van der Waals surface area (Å²) >= 11 is 1.32. The molecule has 0 bridgehead atoms. The van der Waals surface area contributed by atoms with E-state index in [1.165, 1.54) is 11.8 Å². The van der Waals surface area contributed by atoms with Gasteiger partial charge in [-0.05, 0) is 42.0 Å². The van der Waals surface area contributed by atoms with E-state index in [0.717, 1.165) is 16.9 Å². The molecule has 1 amide bonds. The van der Waals surface area contributed by atoms with E-state index in [1.54, 1.807) is 28.4 Å². The van der Waals surface area contributed by atoms with Crippen LogP contribution in [0.3, 0.4) is 0 Å². The van der Waals surface area contributed by atoms with E-state index in [9.17, 15) is 4.79 Å². The fourth-order valence-electron chi connectivity index (χ4n) is 2.95. The molecule has 1 N–H and O–H groups in total. The zero-order chi connectivity index (χ0) is 22.9. The molecular weight excluding hydrogens is 430 g/mol. The third kappa shape index (κ3) is 5.82. The molecule has 32 heavy (non-hydrogen) atoms. The third-order valence-corrected chi connectivity index (χ3v) is 5.50. The van der Waals surface area contributed by atoms with Crippen molar-refractivity contribution in [2.45, 2.75) is 11.6 Å². The van der Waals surface area contributed by atoms with Gasteiger partial charge in [-0.3, -0.25) is 4.79 Å². The summed E-state index contributed by atoms with van der Waals surface area (Å²) in [5, 5.41) is 12.0. The van der Waals surface area contributed by atoms with Gasteiger partial charge in [-0.15, -0.1) is 10.2 Å². The second-order valence-corrected chi connectivity index (χ2v) is 7.58. The Morgan fingerprint density at radius 2 is 1.66 bits per heavy atom. The summed E-state index contributed by atoms with van der Waals surface area (Å²) in [7, 11) is 6.29. The number of aromatic nitrogens is 2. The Morgan fingerprint density at radius 3 is 2.25 bits per heavy atom. The molecule has 8 nitrogen and oxygen atoms in total. The lowest BCUT2D eigenvalue weighted by atomic mass is 10.1. The van der Waals surface area contributed by atoms with Gasteiger partial charge in [-0.25, -0.2) is 0 Å². The number of nitrogens with zero attached hydrogens (tertiary/aromatic N) is 2. The van der Waals surface area contributed by atoms with Crippen LogP contribution in [0.2, 0.25) is 0 Å². The SMILES string of the molecule is COc1cccc(CNC(=O)CSc2ccc(-c3cc(OC)c(OC)c(OC)c3)nn2)c1. The summed E-state index contributed by atoms with van der Waals surface area (Å²) in [6, 6.07) is 14.9. The Bertz CT molecular complexity index is 1030. The Morgan fingerprint density at radius 1 is 0.906 bits per heavy atom. The lowest BCUT2D eigenvalue weighted by Crippen LogP contribution is -2.24. The van der Waals surface area contributed by atoms with Gasteiger partial charge in [0.25, 0.3) is 0 Å². The Kier molecular flexibility index (Phi) is 8.15. The summed E-state index contributed by atoms with van der Waals surface area (Å²) in [5.41, 5.74) is 2.40.